The Hall–Kier alpha value is -2.88. The van der Waals surface area contributed by atoms with Gasteiger partial charge >= 0.3 is 0 Å². The van der Waals surface area contributed by atoms with Crippen LogP contribution in [0.5, 0.6) is 0 Å². The molecule has 1 aliphatic heterocycles. The highest BCUT2D eigenvalue weighted by atomic mass is 127. The monoisotopic (exact) mass is 560 g/mol. The zero-order valence-corrected chi connectivity index (χ0v) is 21.1. The molecule has 1 aliphatic rings. The third kappa shape index (κ3) is 6.80. The largest absolute Gasteiger partial charge is 0.370 e. The lowest BCUT2D eigenvalue weighted by molar-refractivity contribution is 0.624. The summed E-state index contributed by atoms with van der Waals surface area (Å²) in [4.78, 5) is 13.6. The number of halogens is 2. The van der Waals surface area contributed by atoms with Crippen LogP contribution in [0.25, 0.3) is 0 Å². The molecule has 8 heteroatoms. The summed E-state index contributed by atoms with van der Waals surface area (Å²) in [6.07, 6.45) is 2.80. The number of guanidine groups is 1. The number of pyridine rings is 1. The van der Waals surface area contributed by atoms with Gasteiger partial charge in [0.05, 0.1) is 6.54 Å². The molecule has 1 saturated heterocycles. The van der Waals surface area contributed by atoms with Crippen molar-refractivity contribution in [2.45, 2.75) is 19.9 Å². The Kier molecular flexibility index (Phi) is 8.87. The Bertz CT molecular complexity index is 1060. The van der Waals surface area contributed by atoms with Crippen molar-refractivity contribution < 1.29 is 4.39 Å². The highest BCUT2D eigenvalue weighted by Gasteiger charge is 2.18. The minimum atomic E-state index is -0.207. The molecular weight excluding hydrogens is 530 g/mol. The number of hydrogen-bond donors (Lipinski definition) is 2. The second kappa shape index (κ2) is 11.8. The number of nitrogens with two attached hydrogens (primary N) is 1. The molecule has 1 aromatic heterocycles. The zero-order chi connectivity index (χ0) is 22.3. The van der Waals surface area contributed by atoms with Crippen LogP contribution in [-0.2, 0) is 13.0 Å². The summed E-state index contributed by atoms with van der Waals surface area (Å²) in [5.74, 6) is 1.13. The number of piperazine rings is 1. The number of benzene rings is 2. The molecule has 0 spiro atoms. The Morgan fingerprint density at radius 3 is 2.45 bits per heavy atom. The molecule has 0 atom stereocenters. The second-order valence-electron chi connectivity index (χ2n) is 7.85. The molecule has 0 radical (unpaired) electrons. The third-order valence-electron chi connectivity index (χ3n) is 5.64. The highest BCUT2D eigenvalue weighted by Crippen LogP contribution is 2.20. The van der Waals surface area contributed by atoms with Gasteiger partial charge in [-0.05, 0) is 66.1 Å². The molecule has 3 N–H and O–H groups in total. The maximum absolute atomic E-state index is 13.2. The van der Waals surface area contributed by atoms with Crippen LogP contribution >= 0.6 is 24.0 Å². The van der Waals surface area contributed by atoms with Crippen molar-refractivity contribution >= 4 is 47.1 Å². The van der Waals surface area contributed by atoms with E-state index >= 15 is 0 Å². The molecule has 33 heavy (non-hydrogen) atoms. The first-order valence-electron chi connectivity index (χ1n) is 11.0. The van der Waals surface area contributed by atoms with E-state index in [9.17, 15) is 4.39 Å². The van der Waals surface area contributed by atoms with Gasteiger partial charge in [0.15, 0.2) is 5.96 Å². The van der Waals surface area contributed by atoms with Crippen molar-refractivity contribution in [1.82, 2.24) is 4.98 Å². The molecular formula is C25H30FIN6. The van der Waals surface area contributed by atoms with Crippen LogP contribution in [0.15, 0.2) is 71.9 Å². The van der Waals surface area contributed by atoms with Gasteiger partial charge in [0.2, 0.25) is 0 Å². The predicted octanol–water partition coefficient (Wildman–Crippen LogP) is 4.65. The quantitative estimate of drug-likeness (QED) is 0.261. The van der Waals surface area contributed by atoms with Crippen molar-refractivity contribution in [3.8, 4) is 0 Å². The van der Waals surface area contributed by atoms with Crippen LogP contribution < -0.4 is 20.9 Å². The Morgan fingerprint density at radius 2 is 1.73 bits per heavy atom. The van der Waals surface area contributed by atoms with Crippen molar-refractivity contribution in [3.63, 3.8) is 0 Å². The summed E-state index contributed by atoms with van der Waals surface area (Å²) in [6, 6.07) is 18.9. The molecule has 6 nitrogen and oxygen atoms in total. The first-order valence-corrected chi connectivity index (χ1v) is 11.0. The molecule has 4 rings (SSSR count). The molecule has 174 valence electrons. The third-order valence-corrected chi connectivity index (χ3v) is 5.64. The lowest BCUT2D eigenvalue weighted by Crippen LogP contribution is -2.46. The molecule has 2 heterocycles. The lowest BCUT2D eigenvalue weighted by Gasteiger charge is -2.36. The molecule has 0 bridgehead atoms. The number of aliphatic imine (C=N–C) groups is 1. The van der Waals surface area contributed by atoms with E-state index in [4.69, 9.17) is 5.73 Å². The summed E-state index contributed by atoms with van der Waals surface area (Å²) in [5, 5.41) is 3.16. The van der Waals surface area contributed by atoms with E-state index in [1.54, 1.807) is 0 Å². The van der Waals surface area contributed by atoms with Crippen LogP contribution in [0.2, 0.25) is 0 Å². The normalized spacial score (nSPS) is 14.1. The average Bonchev–Trinajstić information content (AvgIpc) is 2.84. The maximum atomic E-state index is 13.2. The molecule has 0 saturated carbocycles. The molecule has 2 aromatic carbocycles. The number of anilines is 3. The predicted molar refractivity (Wildman–Crippen MR) is 145 cm³/mol. The van der Waals surface area contributed by atoms with E-state index in [1.807, 2.05) is 36.5 Å². The Balaban J connectivity index is 0.00000306. The number of rotatable bonds is 6. The van der Waals surface area contributed by atoms with Gasteiger partial charge in [-0.25, -0.2) is 14.4 Å². The molecule has 1 fully saturated rings. The SMILES string of the molecule is CCc1cccc(NC(N)=NCc2ccnc(N3CCN(c4ccc(F)cc4)CC3)c2)c1.I. The minimum Gasteiger partial charge on any atom is -0.370 e. The molecule has 0 aliphatic carbocycles. The van der Waals surface area contributed by atoms with E-state index in [2.05, 4.69) is 50.2 Å². The number of hydrogen-bond acceptors (Lipinski definition) is 4. The first kappa shape index (κ1) is 24.8. The smallest absolute Gasteiger partial charge is 0.193 e. The van der Waals surface area contributed by atoms with Crippen LogP contribution in [0.4, 0.5) is 21.6 Å². The fourth-order valence-corrected chi connectivity index (χ4v) is 3.81. The standard InChI is InChI=1S/C25H29FN6.HI/c1-2-19-4-3-5-22(16-19)30-25(27)29-18-20-10-11-28-24(17-20)32-14-12-31(13-15-32)23-8-6-21(26)7-9-23;/h3-11,16-17H,2,12-15,18H2,1H3,(H3,27,29,30);1H. The number of aromatic nitrogens is 1. The lowest BCUT2D eigenvalue weighted by atomic mass is 10.1. The van der Waals surface area contributed by atoms with E-state index in [0.29, 0.717) is 12.5 Å². The van der Waals surface area contributed by atoms with Crippen molar-refractivity contribution in [1.29, 1.82) is 0 Å². The first-order chi connectivity index (χ1) is 15.6. The highest BCUT2D eigenvalue weighted by molar-refractivity contribution is 14.0. The van der Waals surface area contributed by atoms with Gasteiger partial charge in [-0.2, -0.15) is 0 Å². The zero-order valence-electron chi connectivity index (χ0n) is 18.7. The summed E-state index contributed by atoms with van der Waals surface area (Å²) in [5.41, 5.74) is 10.4. The summed E-state index contributed by atoms with van der Waals surface area (Å²) >= 11 is 0. The van der Waals surface area contributed by atoms with Gasteiger partial charge in [-0.1, -0.05) is 19.1 Å². The van der Waals surface area contributed by atoms with Gasteiger partial charge in [-0.15, -0.1) is 24.0 Å². The van der Waals surface area contributed by atoms with Crippen molar-refractivity contribution in [2.24, 2.45) is 10.7 Å². The fraction of sp³-hybridized carbons (Fsp3) is 0.280. The molecule has 0 amide bonds. The average molecular weight is 560 g/mol. The number of aryl methyl sites for hydroxylation is 1. The van der Waals surface area contributed by atoms with E-state index < -0.39 is 0 Å². The summed E-state index contributed by atoms with van der Waals surface area (Å²) < 4.78 is 13.2. The van der Waals surface area contributed by atoms with Crippen LogP contribution in [-0.4, -0.2) is 37.1 Å². The van der Waals surface area contributed by atoms with Crippen LogP contribution in [0.3, 0.4) is 0 Å². The van der Waals surface area contributed by atoms with E-state index in [0.717, 1.165) is 55.4 Å². The Labute approximate surface area is 211 Å². The summed E-state index contributed by atoms with van der Waals surface area (Å²) in [6.45, 7) is 6.05. The second-order valence-corrected chi connectivity index (χ2v) is 7.85. The minimum absolute atomic E-state index is 0. The van der Waals surface area contributed by atoms with Gasteiger partial charge in [-0.3, -0.25) is 0 Å². The summed E-state index contributed by atoms with van der Waals surface area (Å²) in [7, 11) is 0. The van der Waals surface area contributed by atoms with Crippen molar-refractivity contribution in [3.05, 3.63) is 83.8 Å². The van der Waals surface area contributed by atoms with E-state index in [-0.39, 0.29) is 29.8 Å². The van der Waals surface area contributed by atoms with Crippen LogP contribution in [0, 0.1) is 5.82 Å². The van der Waals surface area contributed by atoms with Gasteiger partial charge in [0, 0.05) is 43.8 Å². The molecule has 3 aromatic rings. The Morgan fingerprint density at radius 1 is 1.00 bits per heavy atom. The fourth-order valence-electron chi connectivity index (χ4n) is 3.81. The molecule has 0 unspecified atom stereocenters. The maximum Gasteiger partial charge on any atom is 0.193 e. The van der Waals surface area contributed by atoms with Gasteiger partial charge < -0.3 is 20.9 Å². The van der Waals surface area contributed by atoms with Gasteiger partial charge in [0.1, 0.15) is 11.6 Å². The van der Waals surface area contributed by atoms with E-state index in [1.165, 1.54) is 17.7 Å². The van der Waals surface area contributed by atoms with Crippen molar-refractivity contribution in [2.75, 3.05) is 41.3 Å². The number of nitrogens with zero attached hydrogens (tertiary/aromatic N) is 4. The van der Waals surface area contributed by atoms with Crippen LogP contribution in [0.1, 0.15) is 18.1 Å². The topological polar surface area (TPSA) is 69.8 Å². The van der Waals surface area contributed by atoms with Gasteiger partial charge in [0.25, 0.3) is 0 Å². The number of nitrogens with one attached hydrogen (secondary N) is 1.